The Morgan fingerprint density at radius 2 is 1.96 bits per heavy atom. The molecule has 25 heavy (non-hydrogen) atoms. The molecule has 2 rings (SSSR count). The second-order valence-electron chi connectivity index (χ2n) is 6.85. The Labute approximate surface area is 145 Å². The molecule has 1 aliphatic carbocycles. The van der Waals surface area contributed by atoms with Crippen molar-refractivity contribution in [2.45, 2.75) is 69.7 Å². The van der Waals surface area contributed by atoms with Crippen molar-refractivity contribution in [2.24, 2.45) is 5.92 Å². The van der Waals surface area contributed by atoms with Crippen LogP contribution in [0.2, 0.25) is 0 Å². The number of rotatable bonds is 5. The molecule has 146 valence electrons. The van der Waals surface area contributed by atoms with Gasteiger partial charge in [-0.25, -0.2) is 4.79 Å². The summed E-state index contributed by atoms with van der Waals surface area (Å²) < 4.78 is 38.5. The summed E-state index contributed by atoms with van der Waals surface area (Å²) >= 11 is 0. The summed E-state index contributed by atoms with van der Waals surface area (Å²) in [5, 5.41) is 23.6. The van der Waals surface area contributed by atoms with Crippen LogP contribution in [0.5, 0.6) is 0 Å². The SMILES string of the molecule is CC1CC(NCCO)NC(NC(=O)NC2CCCC(C(F)(F)F)C2)N1. The number of alkyl halides is 3. The molecule has 0 aromatic heterocycles. The lowest BCUT2D eigenvalue weighted by atomic mass is 9.85. The lowest BCUT2D eigenvalue weighted by Crippen LogP contribution is -2.68. The molecule has 0 aromatic rings. The van der Waals surface area contributed by atoms with E-state index in [1.165, 1.54) is 0 Å². The first kappa shape index (κ1) is 20.2. The molecule has 1 heterocycles. The zero-order valence-corrected chi connectivity index (χ0v) is 14.3. The van der Waals surface area contributed by atoms with E-state index in [9.17, 15) is 18.0 Å². The van der Waals surface area contributed by atoms with Crippen molar-refractivity contribution in [3.8, 4) is 0 Å². The third-order valence-corrected chi connectivity index (χ3v) is 4.66. The van der Waals surface area contributed by atoms with Gasteiger partial charge < -0.3 is 15.7 Å². The van der Waals surface area contributed by atoms with Crippen molar-refractivity contribution in [3.63, 3.8) is 0 Å². The Morgan fingerprint density at radius 3 is 2.64 bits per heavy atom. The van der Waals surface area contributed by atoms with Crippen LogP contribution in [0.1, 0.15) is 39.0 Å². The quantitative estimate of drug-likeness (QED) is 0.427. The molecule has 1 aliphatic heterocycles. The molecule has 10 heteroatoms. The number of aliphatic hydroxyl groups is 1. The molecule has 5 atom stereocenters. The van der Waals surface area contributed by atoms with Gasteiger partial charge in [-0.15, -0.1) is 0 Å². The van der Waals surface area contributed by atoms with Gasteiger partial charge in [-0.2, -0.15) is 13.2 Å². The van der Waals surface area contributed by atoms with Crippen LogP contribution in [0.4, 0.5) is 18.0 Å². The molecule has 2 amide bonds. The smallest absolute Gasteiger partial charge is 0.391 e. The summed E-state index contributed by atoms with van der Waals surface area (Å²) in [5.74, 6) is -1.34. The second kappa shape index (κ2) is 9.02. The summed E-state index contributed by atoms with van der Waals surface area (Å²) in [6.07, 6.45) is -2.92. The molecule has 5 unspecified atom stereocenters. The van der Waals surface area contributed by atoms with Crippen LogP contribution in [0.25, 0.3) is 0 Å². The van der Waals surface area contributed by atoms with Crippen molar-refractivity contribution >= 4 is 6.03 Å². The molecule has 1 saturated heterocycles. The molecule has 6 N–H and O–H groups in total. The van der Waals surface area contributed by atoms with Crippen molar-refractivity contribution < 1.29 is 23.1 Å². The highest BCUT2D eigenvalue weighted by Crippen LogP contribution is 2.37. The molecule has 0 aromatic carbocycles. The summed E-state index contributed by atoms with van der Waals surface area (Å²) in [4.78, 5) is 12.1. The van der Waals surface area contributed by atoms with E-state index >= 15 is 0 Å². The molecular formula is C15H28F3N5O2. The number of hydrogen-bond acceptors (Lipinski definition) is 5. The van der Waals surface area contributed by atoms with Crippen LogP contribution in [-0.4, -0.2) is 55.0 Å². The van der Waals surface area contributed by atoms with E-state index < -0.39 is 30.5 Å². The highest BCUT2D eigenvalue weighted by molar-refractivity contribution is 5.74. The van der Waals surface area contributed by atoms with Crippen molar-refractivity contribution in [3.05, 3.63) is 0 Å². The average molecular weight is 367 g/mol. The first-order valence-corrected chi connectivity index (χ1v) is 8.78. The van der Waals surface area contributed by atoms with E-state index in [1.54, 1.807) is 0 Å². The number of carbonyl (C=O) groups is 1. The third kappa shape index (κ3) is 6.61. The summed E-state index contributed by atoms with van der Waals surface area (Å²) in [6, 6.07) is -0.829. The van der Waals surface area contributed by atoms with Crippen LogP contribution < -0.4 is 26.6 Å². The Morgan fingerprint density at radius 1 is 1.20 bits per heavy atom. The van der Waals surface area contributed by atoms with E-state index in [-0.39, 0.29) is 31.7 Å². The zero-order chi connectivity index (χ0) is 18.4. The highest BCUT2D eigenvalue weighted by atomic mass is 19.4. The first-order valence-electron chi connectivity index (χ1n) is 8.78. The van der Waals surface area contributed by atoms with Crippen molar-refractivity contribution in [1.29, 1.82) is 0 Å². The van der Waals surface area contributed by atoms with Gasteiger partial charge in [-0.3, -0.25) is 16.0 Å². The van der Waals surface area contributed by atoms with Gasteiger partial charge in [-0.05, 0) is 32.6 Å². The third-order valence-electron chi connectivity index (χ3n) is 4.66. The molecule has 0 radical (unpaired) electrons. The Hall–Kier alpha value is -1.10. The molecule has 2 aliphatic rings. The van der Waals surface area contributed by atoms with Crippen LogP contribution in [0, 0.1) is 5.92 Å². The van der Waals surface area contributed by atoms with Gasteiger partial charge >= 0.3 is 12.2 Å². The largest absolute Gasteiger partial charge is 0.395 e. The fourth-order valence-corrected chi connectivity index (χ4v) is 3.46. The van der Waals surface area contributed by atoms with Gasteiger partial charge in [0.15, 0.2) is 0 Å². The minimum Gasteiger partial charge on any atom is -0.395 e. The van der Waals surface area contributed by atoms with Gasteiger partial charge in [0.05, 0.1) is 18.7 Å². The Balaban J connectivity index is 1.79. The summed E-state index contributed by atoms with van der Waals surface area (Å²) in [5.41, 5.74) is 0. The van der Waals surface area contributed by atoms with Gasteiger partial charge in [0.2, 0.25) is 0 Å². The number of carbonyl (C=O) groups excluding carboxylic acids is 1. The molecule has 1 saturated carbocycles. The lowest BCUT2D eigenvalue weighted by molar-refractivity contribution is -0.183. The zero-order valence-electron chi connectivity index (χ0n) is 14.3. The normalized spacial score (nSPS) is 33.7. The molecule has 0 bridgehead atoms. The fourth-order valence-electron chi connectivity index (χ4n) is 3.46. The van der Waals surface area contributed by atoms with Crippen LogP contribution >= 0.6 is 0 Å². The molecule has 2 fully saturated rings. The number of amides is 2. The number of aliphatic hydroxyl groups excluding tert-OH is 1. The standard InChI is InChI=1S/C15H28F3N5O2/c1-9-7-12(19-5-6-24)22-13(20-9)23-14(25)21-11-4-2-3-10(8-11)15(16,17)18/h9-13,19-20,22,24H,2-8H2,1H3,(H2,21,23,25). The highest BCUT2D eigenvalue weighted by Gasteiger charge is 2.42. The first-order chi connectivity index (χ1) is 11.8. The van der Waals surface area contributed by atoms with Crippen LogP contribution in [-0.2, 0) is 0 Å². The summed E-state index contributed by atoms with van der Waals surface area (Å²) in [6.45, 7) is 2.42. The van der Waals surface area contributed by atoms with Crippen molar-refractivity contribution in [2.75, 3.05) is 13.2 Å². The van der Waals surface area contributed by atoms with E-state index in [0.29, 0.717) is 19.4 Å². The van der Waals surface area contributed by atoms with Gasteiger partial charge in [0, 0.05) is 18.6 Å². The summed E-state index contributed by atoms with van der Waals surface area (Å²) in [7, 11) is 0. The van der Waals surface area contributed by atoms with Gasteiger partial charge in [-0.1, -0.05) is 6.42 Å². The van der Waals surface area contributed by atoms with E-state index in [1.807, 2.05) is 6.92 Å². The molecular weight excluding hydrogens is 339 g/mol. The average Bonchev–Trinajstić information content (AvgIpc) is 2.51. The van der Waals surface area contributed by atoms with Gasteiger partial charge in [0.1, 0.15) is 6.29 Å². The van der Waals surface area contributed by atoms with Crippen molar-refractivity contribution in [1.82, 2.24) is 26.6 Å². The predicted octanol–water partition coefficient (Wildman–Crippen LogP) is 0.570. The van der Waals surface area contributed by atoms with E-state index in [4.69, 9.17) is 5.11 Å². The number of nitrogens with one attached hydrogen (secondary N) is 5. The van der Waals surface area contributed by atoms with E-state index in [2.05, 4.69) is 26.6 Å². The number of urea groups is 1. The minimum absolute atomic E-state index is 0.0145. The van der Waals surface area contributed by atoms with Crippen LogP contribution in [0.3, 0.4) is 0 Å². The Bertz CT molecular complexity index is 438. The second-order valence-corrected chi connectivity index (χ2v) is 6.85. The maximum atomic E-state index is 12.8. The maximum absolute atomic E-state index is 12.8. The molecule has 0 spiro atoms. The van der Waals surface area contributed by atoms with E-state index in [0.717, 1.165) is 6.42 Å². The Kier molecular flexibility index (Phi) is 7.29. The predicted molar refractivity (Wildman–Crippen MR) is 86.5 cm³/mol. The van der Waals surface area contributed by atoms with Crippen LogP contribution in [0.15, 0.2) is 0 Å². The lowest BCUT2D eigenvalue weighted by Gasteiger charge is -2.37. The number of halogens is 3. The fraction of sp³-hybridized carbons (Fsp3) is 0.933. The monoisotopic (exact) mass is 367 g/mol. The molecule has 7 nitrogen and oxygen atoms in total. The number of hydrogen-bond donors (Lipinski definition) is 6. The van der Waals surface area contributed by atoms with Gasteiger partial charge in [0.25, 0.3) is 0 Å². The minimum atomic E-state index is -4.20. The topological polar surface area (TPSA) is 97.5 Å². The maximum Gasteiger partial charge on any atom is 0.391 e.